The minimum Gasteiger partial charge on any atom is -0.494 e. The van der Waals surface area contributed by atoms with E-state index >= 15 is 0 Å². The number of hydrogen-bond donors (Lipinski definition) is 2. The van der Waals surface area contributed by atoms with Crippen molar-refractivity contribution in [3.8, 4) is 5.75 Å². The van der Waals surface area contributed by atoms with Gasteiger partial charge in [0.1, 0.15) is 5.75 Å². The van der Waals surface area contributed by atoms with Gasteiger partial charge in [-0.1, -0.05) is 19.4 Å². The van der Waals surface area contributed by atoms with Gasteiger partial charge in [-0.3, -0.25) is 4.79 Å². The molecule has 0 radical (unpaired) electrons. The lowest BCUT2D eigenvalue weighted by atomic mass is 10.3. The second-order valence-corrected chi connectivity index (χ2v) is 4.19. The first kappa shape index (κ1) is 15.2. The zero-order valence-corrected chi connectivity index (χ0v) is 11.4. The predicted molar refractivity (Wildman–Crippen MR) is 78.5 cm³/mol. The highest BCUT2D eigenvalue weighted by Crippen LogP contribution is 2.15. The van der Waals surface area contributed by atoms with E-state index in [9.17, 15) is 4.79 Å². The lowest BCUT2D eigenvalue weighted by Crippen LogP contribution is -2.28. The quantitative estimate of drug-likeness (QED) is 0.531. The number of carbonyl (C=O) groups excluding carboxylic acids is 1. The molecule has 1 amide bonds. The van der Waals surface area contributed by atoms with Crippen molar-refractivity contribution >= 4 is 11.6 Å². The fourth-order valence-corrected chi connectivity index (χ4v) is 1.46. The molecule has 0 unspecified atom stereocenters. The molecule has 4 nitrogen and oxygen atoms in total. The number of rotatable bonds is 9. The number of amides is 1. The molecule has 0 saturated carbocycles. The SMILES string of the molecule is C=CCNCC(=O)Nc1ccc(OCCCC)cc1. The first-order valence-electron chi connectivity index (χ1n) is 6.60. The zero-order valence-electron chi connectivity index (χ0n) is 11.4. The summed E-state index contributed by atoms with van der Waals surface area (Å²) in [4.78, 5) is 11.5. The van der Waals surface area contributed by atoms with Crippen LogP contribution in [-0.2, 0) is 4.79 Å². The van der Waals surface area contributed by atoms with Gasteiger partial charge in [0.2, 0.25) is 5.91 Å². The van der Waals surface area contributed by atoms with Crippen LogP contribution in [0.4, 0.5) is 5.69 Å². The van der Waals surface area contributed by atoms with Gasteiger partial charge in [-0.05, 0) is 30.7 Å². The van der Waals surface area contributed by atoms with Crippen LogP contribution in [0.1, 0.15) is 19.8 Å². The molecule has 0 aromatic heterocycles. The second kappa shape index (κ2) is 9.16. The standard InChI is InChI=1S/C15H22N2O2/c1-3-5-11-19-14-8-6-13(7-9-14)17-15(18)12-16-10-4-2/h4,6-9,16H,2-3,5,10-12H2,1H3,(H,17,18). The van der Waals surface area contributed by atoms with E-state index in [1.54, 1.807) is 6.08 Å². The molecule has 1 aromatic carbocycles. The number of unbranched alkanes of at least 4 members (excludes halogenated alkanes) is 1. The van der Waals surface area contributed by atoms with Crippen LogP contribution in [0.25, 0.3) is 0 Å². The van der Waals surface area contributed by atoms with Crippen LogP contribution in [0.3, 0.4) is 0 Å². The number of ether oxygens (including phenoxy) is 1. The van der Waals surface area contributed by atoms with Gasteiger partial charge in [0.15, 0.2) is 0 Å². The van der Waals surface area contributed by atoms with Gasteiger partial charge in [0.05, 0.1) is 13.2 Å². The maximum Gasteiger partial charge on any atom is 0.238 e. The molecular formula is C15H22N2O2. The summed E-state index contributed by atoms with van der Waals surface area (Å²) < 4.78 is 5.55. The van der Waals surface area contributed by atoms with Gasteiger partial charge in [-0.25, -0.2) is 0 Å². The van der Waals surface area contributed by atoms with E-state index in [0.29, 0.717) is 6.54 Å². The topological polar surface area (TPSA) is 50.4 Å². The molecule has 104 valence electrons. The Kier molecular flexibility index (Phi) is 7.35. The third-order valence-electron chi connectivity index (χ3n) is 2.48. The lowest BCUT2D eigenvalue weighted by molar-refractivity contribution is -0.115. The Morgan fingerprint density at radius 3 is 2.74 bits per heavy atom. The van der Waals surface area contributed by atoms with Crippen LogP contribution < -0.4 is 15.4 Å². The first-order chi connectivity index (χ1) is 9.26. The van der Waals surface area contributed by atoms with Crippen molar-refractivity contribution in [3.63, 3.8) is 0 Å². The molecule has 19 heavy (non-hydrogen) atoms. The third kappa shape index (κ3) is 6.62. The van der Waals surface area contributed by atoms with E-state index in [4.69, 9.17) is 4.74 Å². The van der Waals surface area contributed by atoms with Crippen LogP contribution in [0.15, 0.2) is 36.9 Å². The lowest BCUT2D eigenvalue weighted by Gasteiger charge is -2.08. The molecule has 0 fully saturated rings. The monoisotopic (exact) mass is 262 g/mol. The largest absolute Gasteiger partial charge is 0.494 e. The minimum absolute atomic E-state index is 0.0681. The molecule has 1 aromatic rings. The summed E-state index contributed by atoms with van der Waals surface area (Å²) >= 11 is 0. The van der Waals surface area contributed by atoms with Crippen LogP contribution in [0.2, 0.25) is 0 Å². The van der Waals surface area contributed by atoms with E-state index in [2.05, 4.69) is 24.1 Å². The summed E-state index contributed by atoms with van der Waals surface area (Å²) in [5.74, 6) is 0.762. The average Bonchev–Trinajstić information content (AvgIpc) is 2.41. The molecule has 1 rings (SSSR count). The Morgan fingerprint density at radius 1 is 1.37 bits per heavy atom. The Bertz CT molecular complexity index is 388. The summed E-state index contributed by atoms with van der Waals surface area (Å²) in [6.07, 6.45) is 3.88. The molecule has 2 N–H and O–H groups in total. The maximum absolute atomic E-state index is 11.5. The molecule has 4 heteroatoms. The molecule has 0 bridgehead atoms. The van der Waals surface area contributed by atoms with Crippen molar-refractivity contribution in [2.75, 3.05) is 25.0 Å². The molecule has 0 heterocycles. The summed E-state index contributed by atoms with van der Waals surface area (Å²) in [7, 11) is 0. The van der Waals surface area contributed by atoms with Crippen molar-refractivity contribution in [2.45, 2.75) is 19.8 Å². The summed E-state index contributed by atoms with van der Waals surface area (Å²) in [5.41, 5.74) is 0.772. The predicted octanol–water partition coefficient (Wildman–Crippen LogP) is 2.58. The van der Waals surface area contributed by atoms with Crippen molar-refractivity contribution in [1.82, 2.24) is 5.32 Å². The summed E-state index contributed by atoms with van der Waals surface area (Å²) in [6, 6.07) is 7.41. The van der Waals surface area contributed by atoms with Crippen LogP contribution >= 0.6 is 0 Å². The molecular weight excluding hydrogens is 240 g/mol. The highest BCUT2D eigenvalue weighted by atomic mass is 16.5. The molecule has 0 saturated heterocycles. The molecule has 0 spiro atoms. The van der Waals surface area contributed by atoms with Crippen LogP contribution in [0, 0.1) is 0 Å². The smallest absolute Gasteiger partial charge is 0.238 e. The number of carbonyl (C=O) groups is 1. The van der Waals surface area contributed by atoms with Crippen molar-refractivity contribution in [3.05, 3.63) is 36.9 Å². The van der Waals surface area contributed by atoms with Gasteiger partial charge >= 0.3 is 0 Å². The number of benzene rings is 1. The second-order valence-electron chi connectivity index (χ2n) is 4.19. The summed E-state index contributed by atoms with van der Waals surface area (Å²) in [5, 5.41) is 5.75. The molecule has 0 aliphatic rings. The van der Waals surface area contributed by atoms with Gasteiger partial charge in [-0.2, -0.15) is 0 Å². The Labute approximate surface area is 114 Å². The van der Waals surface area contributed by atoms with Crippen molar-refractivity contribution in [1.29, 1.82) is 0 Å². The van der Waals surface area contributed by atoms with Crippen molar-refractivity contribution in [2.24, 2.45) is 0 Å². The normalized spacial score (nSPS) is 9.95. The van der Waals surface area contributed by atoms with Gasteiger partial charge < -0.3 is 15.4 Å². The Balaban J connectivity index is 2.34. The van der Waals surface area contributed by atoms with E-state index in [-0.39, 0.29) is 12.5 Å². The van der Waals surface area contributed by atoms with Crippen molar-refractivity contribution < 1.29 is 9.53 Å². The molecule has 0 aliphatic carbocycles. The van der Waals surface area contributed by atoms with E-state index < -0.39 is 0 Å². The Morgan fingerprint density at radius 2 is 2.11 bits per heavy atom. The number of nitrogens with one attached hydrogen (secondary N) is 2. The molecule has 0 atom stereocenters. The fourth-order valence-electron chi connectivity index (χ4n) is 1.46. The summed E-state index contributed by atoms with van der Waals surface area (Å²) in [6.45, 7) is 7.33. The highest BCUT2D eigenvalue weighted by molar-refractivity contribution is 5.92. The van der Waals surface area contributed by atoms with Crippen LogP contribution in [0.5, 0.6) is 5.75 Å². The number of anilines is 1. The van der Waals surface area contributed by atoms with Gasteiger partial charge in [-0.15, -0.1) is 6.58 Å². The highest BCUT2D eigenvalue weighted by Gasteiger charge is 2.01. The zero-order chi connectivity index (χ0) is 13.9. The first-order valence-corrected chi connectivity index (χ1v) is 6.60. The van der Waals surface area contributed by atoms with Gasteiger partial charge in [0, 0.05) is 12.2 Å². The van der Waals surface area contributed by atoms with E-state index in [0.717, 1.165) is 30.9 Å². The molecule has 0 aliphatic heterocycles. The van der Waals surface area contributed by atoms with E-state index in [1.165, 1.54) is 0 Å². The van der Waals surface area contributed by atoms with E-state index in [1.807, 2.05) is 24.3 Å². The van der Waals surface area contributed by atoms with Gasteiger partial charge in [0.25, 0.3) is 0 Å². The average molecular weight is 262 g/mol. The maximum atomic E-state index is 11.5. The third-order valence-corrected chi connectivity index (χ3v) is 2.48. The Hall–Kier alpha value is -1.81. The fraction of sp³-hybridized carbons (Fsp3) is 0.400. The van der Waals surface area contributed by atoms with Crippen LogP contribution in [-0.4, -0.2) is 25.6 Å². The minimum atomic E-state index is -0.0681. The number of hydrogen-bond acceptors (Lipinski definition) is 3.